The lowest BCUT2D eigenvalue weighted by atomic mass is 9.92. The van der Waals surface area contributed by atoms with E-state index < -0.39 is 0 Å². The second-order valence-corrected chi connectivity index (χ2v) is 6.33. The fourth-order valence-corrected chi connectivity index (χ4v) is 3.19. The molecule has 3 heteroatoms. The van der Waals surface area contributed by atoms with E-state index in [0.29, 0.717) is 22.7 Å². The van der Waals surface area contributed by atoms with Gasteiger partial charge in [-0.3, -0.25) is 4.79 Å². The summed E-state index contributed by atoms with van der Waals surface area (Å²) in [6, 6.07) is 0. The summed E-state index contributed by atoms with van der Waals surface area (Å²) >= 11 is 1.50. The zero-order chi connectivity index (χ0) is 12.1. The van der Waals surface area contributed by atoms with Crippen LogP contribution in [0.3, 0.4) is 0 Å². The molecular formula is C13H24O2S. The first-order chi connectivity index (χ1) is 7.54. The Balaban J connectivity index is 2.58. The maximum Gasteiger partial charge on any atom is 0.189 e. The minimum Gasteiger partial charge on any atom is -0.377 e. The highest BCUT2D eigenvalue weighted by Gasteiger charge is 2.31. The molecule has 0 aromatic carbocycles. The number of carbonyl (C=O) groups excluding carboxylic acids is 1. The highest BCUT2D eigenvalue weighted by molar-refractivity contribution is 8.14. The van der Waals surface area contributed by atoms with Crippen molar-refractivity contribution < 1.29 is 9.53 Å². The van der Waals surface area contributed by atoms with Crippen LogP contribution in [0.15, 0.2) is 0 Å². The van der Waals surface area contributed by atoms with Gasteiger partial charge in [-0.25, -0.2) is 0 Å². The first kappa shape index (κ1) is 14.0. The van der Waals surface area contributed by atoms with Gasteiger partial charge in [0.2, 0.25) is 0 Å². The lowest BCUT2D eigenvalue weighted by Gasteiger charge is -2.34. The number of carbonyl (C=O) groups is 1. The second kappa shape index (κ2) is 6.65. The molecule has 2 nitrogen and oxygen atoms in total. The summed E-state index contributed by atoms with van der Waals surface area (Å²) in [6.45, 7) is 9.43. The minimum atomic E-state index is 0.268. The molecule has 0 aromatic rings. The van der Waals surface area contributed by atoms with Crippen molar-refractivity contribution in [2.75, 3.05) is 6.61 Å². The number of hydrogen-bond donors (Lipinski definition) is 0. The van der Waals surface area contributed by atoms with Gasteiger partial charge in [0.15, 0.2) is 5.12 Å². The molecule has 0 saturated carbocycles. The van der Waals surface area contributed by atoms with E-state index in [1.54, 1.807) is 0 Å². The van der Waals surface area contributed by atoms with E-state index in [1.165, 1.54) is 11.8 Å². The van der Waals surface area contributed by atoms with E-state index in [0.717, 1.165) is 25.4 Å². The van der Waals surface area contributed by atoms with Crippen LogP contribution < -0.4 is 0 Å². The number of ether oxygens (including phenoxy) is 1. The molecule has 1 aliphatic heterocycles. The van der Waals surface area contributed by atoms with Crippen molar-refractivity contribution in [3.05, 3.63) is 0 Å². The van der Waals surface area contributed by atoms with Crippen molar-refractivity contribution in [3.63, 3.8) is 0 Å². The maximum absolute atomic E-state index is 11.6. The van der Waals surface area contributed by atoms with Crippen LogP contribution in [0.5, 0.6) is 0 Å². The normalized spacial score (nSPS) is 28.1. The van der Waals surface area contributed by atoms with Crippen molar-refractivity contribution in [3.8, 4) is 0 Å². The maximum atomic E-state index is 11.6. The Morgan fingerprint density at radius 1 is 1.50 bits per heavy atom. The molecule has 0 aliphatic carbocycles. The van der Waals surface area contributed by atoms with Gasteiger partial charge in [-0.2, -0.15) is 0 Å². The van der Waals surface area contributed by atoms with Gasteiger partial charge in [0.1, 0.15) is 0 Å². The quantitative estimate of drug-likeness (QED) is 0.757. The van der Waals surface area contributed by atoms with Crippen LogP contribution in [0, 0.1) is 11.8 Å². The van der Waals surface area contributed by atoms with Gasteiger partial charge in [-0.05, 0) is 24.7 Å². The zero-order valence-electron chi connectivity index (χ0n) is 10.9. The fraction of sp³-hybridized carbons (Fsp3) is 0.923. The molecule has 0 N–H and O–H groups in total. The van der Waals surface area contributed by atoms with Crippen molar-refractivity contribution in [2.45, 2.75) is 58.3 Å². The first-order valence-corrected chi connectivity index (χ1v) is 7.23. The monoisotopic (exact) mass is 244 g/mol. The molecule has 94 valence electrons. The van der Waals surface area contributed by atoms with Crippen LogP contribution in [0.4, 0.5) is 0 Å². The molecule has 3 unspecified atom stereocenters. The Labute approximate surface area is 104 Å². The number of thioether (sulfide) groups is 1. The Bertz CT molecular complexity index is 228. The van der Waals surface area contributed by atoms with Crippen molar-refractivity contribution in [1.82, 2.24) is 0 Å². The molecule has 0 amide bonds. The van der Waals surface area contributed by atoms with Gasteiger partial charge < -0.3 is 4.74 Å². The average molecular weight is 244 g/mol. The van der Waals surface area contributed by atoms with E-state index in [2.05, 4.69) is 20.8 Å². The summed E-state index contributed by atoms with van der Waals surface area (Å²) in [5.74, 6) is 1.23. The third kappa shape index (κ3) is 4.10. The topological polar surface area (TPSA) is 26.3 Å². The lowest BCUT2D eigenvalue weighted by molar-refractivity contribution is -0.110. The van der Waals surface area contributed by atoms with Crippen molar-refractivity contribution >= 4 is 16.9 Å². The molecule has 3 atom stereocenters. The van der Waals surface area contributed by atoms with Crippen LogP contribution in [-0.4, -0.2) is 23.1 Å². The Hall–Kier alpha value is -0.0200. The van der Waals surface area contributed by atoms with Crippen LogP contribution in [0.25, 0.3) is 0 Å². The van der Waals surface area contributed by atoms with Crippen LogP contribution in [-0.2, 0) is 9.53 Å². The third-order valence-corrected chi connectivity index (χ3v) is 4.83. The highest BCUT2D eigenvalue weighted by atomic mass is 32.2. The molecule has 1 saturated heterocycles. The summed E-state index contributed by atoms with van der Waals surface area (Å²) in [7, 11) is 0. The lowest BCUT2D eigenvalue weighted by Crippen LogP contribution is -2.36. The highest BCUT2D eigenvalue weighted by Crippen LogP contribution is 2.32. The largest absolute Gasteiger partial charge is 0.377 e. The average Bonchev–Trinajstić information content (AvgIpc) is 2.25. The van der Waals surface area contributed by atoms with Crippen LogP contribution >= 0.6 is 11.8 Å². The van der Waals surface area contributed by atoms with Gasteiger partial charge in [0.05, 0.1) is 6.10 Å². The molecular weight excluding hydrogens is 220 g/mol. The van der Waals surface area contributed by atoms with Crippen molar-refractivity contribution in [2.24, 2.45) is 11.8 Å². The first-order valence-electron chi connectivity index (χ1n) is 6.35. The third-order valence-electron chi connectivity index (χ3n) is 3.16. The Morgan fingerprint density at radius 2 is 2.19 bits per heavy atom. The van der Waals surface area contributed by atoms with Gasteiger partial charge in [-0.15, -0.1) is 0 Å². The fourth-order valence-electron chi connectivity index (χ4n) is 2.11. The van der Waals surface area contributed by atoms with Crippen molar-refractivity contribution in [1.29, 1.82) is 0 Å². The molecule has 1 fully saturated rings. The molecule has 1 rings (SSSR count). The van der Waals surface area contributed by atoms with E-state index in [9.17, 15) is 4.79 Å². The minimum absolute atomic E-state index is 0.268. The van der Waals surface area contributed by atoms with Gasteiger partial charge >= 0.3 is 0 Å². The molecule has 0 bridgehead atoms. The van der Waals surface area contributed by atoms with Gasteiger partial charge in [-0.1, -0.05) is 39.5 Å². The zero-order valence-corrected chi connectivity index (χ0v) is 11.7. The SMILES string of the molecule is CCC(=O)SC(C(C)C)C1CC(C)CCO1. The Kier molecular flexibility index (Phi) is 5.84. The predicted octanol–water partition coefficient (Wildman–Crippen LogP) is 3.50. The second-order valence-electron chi connectivity index (χ2n) is 5.09. The predicted molar refractivity (Wildman–Crippen MR) is 69.7 cm³/mol. The van der Waals surface area contributed by atoms with E-state index in [1.807, 2.05) is 6.92 Å². The summed E-state index contributed by atoms with van der Waals surface area (Å²) in [5, 5.41) is 0.621. The van der Waals surface area contributed by atoms with E-state index in [-0.39, 0.29) is 6.10 Å². The molecule has 0 aromatic heterocycles. The van der Waals surface area contributed by atoms with E-state index >= 15 is 0 Å². The van der Waals surface area contributed by atoms with Crippen LogP contribution in [0.1, 0.15) is 47.0 Å². The van der Waals surface area contributed by atoms with E-state index in [4.69, 9.17) is 4.74 Å². The van der Waals surface area contributed by atoms with Gasteiger partial charge in [0, 0.05) is 18.3 Å². The molecule has 0 radical (unpaired) electrons. The molecule has 1 heterocycles. The molecule has 1 aliphatic rings. The summed E-state index contributed by atoms with van der Waals surface area (Å²) < 4.78 is 5.84. The smallest absolute Gasteiger partial charge is 0.189 e. The Morgan fingerprint density at radius 3 is 2.69 bits per heavy atom. The summed E-state index contributed by atoms with van der Waals surface area (Å²) in [4.78, 5) is 11.6. The van der Waals surface area contributed by atoms with Gasteiger partial charge in [0.25, 0.3) is 0 Å². The van der Waals surface area contributed by atoms with Crippen LogP contribution in [0.2, 0.25) is 0 Å². The number of rotatable bonds is 4. The molecule has 0 spiro atoms. The molecule has 16 heavy (non-hydrogen) atoms. The summed E-state index contributed by atoms with van der Waals surface area (Å²) in [5.41, 5.74) is 0. The summed E-state index contributed by atoms with van der Waals surface area (Å²) in [6.07, 6.45) is 3.15. The standard InChI is InChI=1S/C13H24O2S/c1-5-12(14)16-13(9(2)3)11-8-10(4)6-7-15-11/h9-11,13H,5-8H2,1-4H3. The number of hydrogen-bond acceptors (Lipinski definition) is 3.